The Morgan fingerprint density at radius 2 is 1.78 bits per heavy atom. The standard InChI is InChI=1S/C6H15O2Si/c1-5-6(2)9(7-3)8-4/h6H,5H2,1-4H3. The fourth-order valence-electron chi connectivity index (χ4n) is 0.652. The van der Waals surface area contributed by atoms with Gasteiger partial charge in [-0.3, -0.25) is 0 Å². The Bertz CT molecular complexity index is 64.1. The lowest BCUT2D eigenvalue weighted by Gasteiger charge is -2.14. The molecule has 1 unspecified atom stereocenters. The third-order valence-corrected chi connectivity index (χ3v) is 3.43. The molecule has 0 rings (SSSR count). The van der Waals surface area contributed by atoms with Gasteiger partial charge in [0.1, 0.15) is 0 Å². The van der Waals surface area contributed by atoms with Gasteiger partial charge in [0, 0.05) is 19.8 Å². The molecule has 0 aromatic carbocycles. The van der Waals surface area contributed by atoms with Crippen molar-refractivity contribution in [2.45, 2.75) is 25.8 Å². The van der Waals surface area contributed by atoms with Crippen LogP contribution in [0.1, 0.15) is 20.3 Å². The molecule has 0 heterocycles. The molecule has 1 radical (unpaired) electrons. The first-order valence-corrected chi connectivity index (χ1v) is 4.60. The van der Waals surface area contributed by atoms with Gasteiger partial charge in [0.2, 0.25) is 0 Å². The topological polar surface area (TPSA) is 18.5 Å². The molecular formula is C6H15O2Si. The first kappa shape index (κ1) is 9.14. The third kappa shape index (κ3) is 2.98. The Balaban J connectivity index is 3.50. The highest BCUT2D eigenvalue weighted by molar-refractivity contribution is 6.46. The summed E-state index contributed by atoms with van der Waals surface area (Å²) in [5.74, 6) is 0. The number of rotatable bonds is 4. The van der Waals surface area contributed by atoms with Crippen molar-refractivity contribution >= 4 is 9.28 Å². The molecule has 0 N–H and O–H groups in total. The van der Waals surface area contributed by atoms with Crippen LogP contribution in [0.3, 0.4) is 0 Å². The van der Waals surface area contributed by atoms with Crippen molar-refractivity contribution in [3.05, 3.63) is 0 Å². The van der Waals surface area contributed by atoms with Crippen LogP contribution in [0.2, 0.25) is 5.54 Å². The van der Waals surface area contributed by atoms with Gasteiger partial charge in [0.15, 0.2) is 0 Å². The predicted octanol–water partition coefficient (Wildman–Crippen LogP) is 1.57. The molecule has 0 spiro atoms. The van der Waals surface area contributed by atoms with E-state index in [4.69, 9.17) is 8.85 Å². The zero-order valence-corrected chi connectivity index (χ0v) is 7.60. The molecule has 0 fully saturated rings. The van der Waals surface area contributed by atoms with Crippen LogP contribution in [0.4, 0.5) is 0 Å². The summed E-state index contributed by atoms with van der Waals surface area (Å²) in [5.41, 5.74) is 0.588. The third-order valence-electron chi connectivity index (χ3n) is 1.42. The summed E-state index contributed by atoms with van der Waals surface area (Å²) in [7, 11) is 2.47. The normalized spacial score (nSPS) is 14.3. The summed E-state index contributed by atoms with van der Waals surface area (Å²) in [4.78, 5) is 0. The van der Waals surface area contributed by atoms with Crippen LogP contribution in [0, 0.1) is 0 Å². The van der Waals surface area contributed by atoms with Crippen LogP contribution >= 0.6 is 0 Å². The number of hydrogen-bond donors (Lipinski definition) is 0. The highest BCUT2D eigenvalue weighted by atomic mass is 28.3. The Labute approximate surface area is 59.0 Å². The fraction of sp³-hybridized carbons (Fsp3) is 1.00. The van der Waals surface area contributed by atoms with Crippen LogP contribution in [0.25, 0.3) is 0 Å². The molecule has 1 atom stereocenters. The molecular weight excluding hydrogens is 132 g/mol. The molecule has 0 saturated heterocycles. The van der Waals surface area contributed by atoms with Crippen molar-refractivity contribution in [1.29, 1.82) is 0 Å². The Hall–Kier alpha value is 0.137. The lowest BCUT2D eigenvalue weighted by atomic mass is 10.4. The maximum Gasteiger partial charge on any atom is 0.387 e. The van der Waals surface area contributed by atoms with E-state index in [1.165, 1.54) is 0 Å². The van der Waals surface area contributed by atoms with Crippen LogP contribution in [-0.2, 0) is 8.85 Å². The number of hydrogen-bond acceptors (Lipinski definition) is 2. The molecule has 0 aromatic heterocycles. The zero-order valence-electron chi connectivity index (χ0n) is 6.60. The van der Waals surface area contributed by atoms with Gasteiger partial charge in [-0.15, -0.1) is 0 Å². The summed E-state index contributed by atoms with van der Waals surface area (Å²) >= 11 is 0. The SMILES string of the molecule is CCC(C)[Si](OC)OC. The summed E-state index contributed by atoms with van der Waals surface area (Å²) < 4.78 is 10.3. The van der Waals surface area contributed by atoms with E-state index in [9.17, 15) is 0 Å². The zero-order chi connectivity index (χ0) is 7.28. The van der Waals surface area contributed by atoms with Crippen molar-refractivity contribution in [2.24, 2.45) is 0 Å². The van der Waals surface area contributed by atoms with Crippen LogP contribution < -0.4 is 0 Å². The molecule has 0 amide bonds. The summed E-state index contributed by atoms with van der Waals surface area (Å²) in [5, 5.41) is 0. The van der Waals surface area contributed by atoms with Crippen LogP contribution in [-0.4, -0.2) is 23.5 Å². The molecule has 0 aliphatic carbocycles. The van der Waals surface area contributed by atoms with E-state index >= 15 is 0 Å². The Morgan fingerprint density at radius 1 is 1.33 bits per heavy atom. The summed E-state index contributed by atoms with van der Waals surface area (Å²) in [6, 6.07) is 0. The van der Waals surface area contributed by atoms with Crippen LogP contribution in [0.15, 0.2) is 0 Å². The van der Waals surface area contributed by atoms with Gasteiger partial charge in [0.05, 0.1) is 0 Å². The van der Waals surface area contributed by atoms with Crippen molar-refractivity contribution in [3.63, 3.8) is 0 Å². The molecule has 9 heavy (non-hydrogen) atoms. The highest BCUT2D eigenvalue weighted by Crippen LogP contribution is 2.13. The molecule has 2 nitrogen and oxygen atoms in total. The molecule has 0 bridgehead atoms. The maximum atomic E-state index is 5.13. The van der Waals surface area contributed by atoms with Gasteiger partial charge in [-0.05, 0) is 0 Å². The first-order valence-electron chi connectivity index (χ1n) is 3.21. The predicted molar refractivity (Wildman–Crippen MR) is 39.5 cm³/mol. The minimum absolute atomic E-state index is 0.588. The molecule has 55 valence electrons. The van der Waals surface area contributed by atoms with Gasteiger partial charge >= 0.3 is 9.28 Å². The van der Waals surface area contributed by atoms with Crippen LogP contribution in [0.5, 0.6) is 0 Å². The van der Waals surface area contributed by atoms with E-state index in [0.29, 0.717) is 5.54 Å². The average molecular weight is 147 g/mol. The van der Waals surface area contributed by atoms with Crippen molar-refractivity contribution in [2.75, 3.05) is 14.2 Å². The molecule has 3 heteroatoms. The Kier molecular flexibility index (Phi) is 5.04. The molecule has 0 saturated carbocycles. The highest BCUT2D eigenvalue weighted by Gasteiger charge is 2.19. The molecule has 0 aliphatic heterocycles. The van der Waals surface area contributed by atoms with E-state index < -0.39 is 9.28 Å². The van der Waals surface area contributed by atoms with E-state index in [0.717, 1.165) is 6.42 Å². The second-order valence-corrected chi connectivity index (χ2v) is 4.48. The van der Waals surface area contributed by atoms with Gasteiger partial charge < -0.3 is 8.85 Å². The summed E-state index contributed by atoms with van der Waals surface area (Å²) in [6.07, 6.45) is 1.13. The van der Waals surface area contributed by atoms with E-state index in [2.05, 4.69) is 13.8 Å². The Morgan fingerprint density at radius 3 is 1.89 bits per heavy atom. The lowest BCUT2D eigenvalue weighted by Crippen LogP contribution is -2.23. The smallest absolute Gasteiger partial charge is 0.387 e. The maximum absolute atomic E-state index is 5.13. The summed E-state index contributed by atoms with van der Waals surface area (Å²) in [6.45, 7) is 4.30. The van der Waals surface area contributed by atoms with E-state index in [-0.39, 0.29) is 0 Å². The van der Waals surface area contributed by atoms with Gasteiger partial charge in [0.25, 0.3) is 0 Å². The largest absolute Gasteiger partial charge is 0.397 e. The second-order valence-electron chi connectivity index (χ2n) is 2.04. The first-order chi connectivity index (χ1) is 4.26. The quantitative estimate of drug-likeness (QED) is 0.562. The van der Waals surface area contributed by atoms with Crippen molar-refractivity contribution in [1.82, 2.24) is 0 Å². The minimum atomic E-state index is -0.952. The second kappa shape index (κ2) is 4.96. The molecule has 0 aromatic rings. The van der Waals surface area contributed by atoms with E-state index in [1.807, 2.05) is 0 Å². The van der Waals surface area contributed by atoms with Crippen molar-refractivity contribution < 1.29 is 8.85 Å². The van der Waals surface area contributed by atoms with Gasteiger partial charge in [-0.2, -0.15) is 0 Å². The van der Waals surface area contributed by atoms with E-state index in [1.54, 1.807) is 14.2 Å². The van der Waals surface area contributed by atoms with Gasteiger partial charge in [-0.25, -0.2) is 0 Å². The molecule has 0 aliphatic rings. The minimum Gasteiger partial charge on any atom is -0.397 e. The monoisotopic (exact) mass is 147 g/mol. The van der Waals surface area contributed by atoms with Gasteiger partial charge in [-0.1, -0.05) is 20.3 Å². The van der Waals surface area contributed by atoms with Crippen molar-refractivity contribution in [3.8, 4) is 0 Å². The lowest BCUT2D eigenvalue weighted by molar-refractivity contribution is 0.266. The average Bonchev–Trinajstić information content (AvgIpc) is 1.90. The fourth-order valence-corrected chi connectivity index (χ4v) is 1.96.